The molecule has 0 saturated carbocycles. The number of nitrogens with zero attached hydrogens (tertiary/aromatic N) is 3. The van der Waals surface area contributed by atoms with Crippen molar-refractivity contribution in [3.63, 3.8) is 0 Å². The first kappa shape index (κ1) is 17.2. The Morgan fingerprint density at radius 1 is 1.24 bits per heavy atom. The highest BCUT2D eigenvalue weighted by Gasteiger charge is 2.26. The van der Waals surface area contributed by atoms with Gasteiger partial charge in [-0.3, -0.25) is 9.78 Å². The molecule has 5 heteroatoms. The van der Waals surface area contributed by atoms with Crippen molar-refractivity contribution in [1.29, 1.82) is 0 Å². The molecule has 1 amide bonds. The van der Waals surface area contributed by atoms with Crippen molar-refractivity contribution in [2.45, 2.75) is 25.9 Å². The highest BCUT2D eigenvalue weighted by Crippen LogP contribution is 2.21. The van der Waals surface area contributed by atoms with Crippen LogP contribution < -0.4 is 0 Å². The number of amides is 1. The minimum Gasteiger partial charge on any atom is -0.394 e. The summed E-state index contributed by atoms with van der Waals surface area (Å²) in [7, 11) is 1.90. The Morgan fingerprint density at radius 2 is 2.00 bits per heavy atom. The molecule has 1 N–H and O–H groups in total. The van der Waals surface area contributed by atoms with Crippen molar-refractivity contribution in [1.82, 2.24) is 14.5 Å². The molecular formula is C20H23N3O2. The summed E-state index contributed by atoms with van der Waals surface area (Å²) in [6.07, 6.45) is 2.40. The number of para-hydroxylation sites is 1. The van der Waals surface area contributed by atoms with E-state index in [1.807, 2.05) is 67.1 Å². The van der Waals surface area contributed by atoms with Crippen LogP contribution in [0.3, 0.4) is 0 Å². The van der Waals surface area contributed by atoms with Crippen molar-refractivity contribution in [3.05, 3.63) is 66.1 Å². The summed E-state index contributed by atoms with van der Waals surface area (Å²) in [6.45, 7) is 2.28. The van der Waals surface area contributed by atoms with Crippen LogP contribution in [0, 0.1) is 0 Å². The van der Waals surface area contributed by atoms with Crippen LogP contribution in [0.2, 0.25) is 0 Å². The lowest BCUT2D eigenvalue weighted by molar-refractivity contribution is 0.0551. The van der Waals surface area contributed by atoms with Gasteiger partial charge < -0.3 is 14.6 Å². The van der Waals surface area contributed by atoms with E-state index >= 15 is 0 Å². The normalized spacial score (nSPS) is 12.3. The Bertz CT molecular complexity index is 854. The lowest BCUT2D eigenvalue weighted by Crippen LogP contribution is -2.42. The van der Waals surface area contributed by atoms with Gasteiger partial charge in [0.2, 0.25) is 0 Å². The minimum atomic E-state index is -0.243. The molecule has 0 aliphatic carbocycles. The van der Waals surface area contributed by atoms with Gasteiger partial charge in [-0.15, -0.1) is 0 Å². The number of aliphatic hydroxyl groups is 1. The second-order valence-electron chi connectivity index (χ2n) is 6.15. The van der Waals surface area contributed by atoms with Crippen LogP contribution in [0.5, 0.6) is 0 Å². The van der Waals surface area contributed by atoms with Crippen LogP contribution in [0.4, 0.5) is 0 Å². The first-order chi connectivity index (χ1) is 12.2. The summed E-state index contributed by atoms with van der Waals surface area (Å²) in [5.41, 5.74) is 2.44. The molecule has 5 nitrogen and oxygen atoms in total. The Labute approximate surface area is 147 Å². The number of hydrogen-bond acceptors (Lipinski definition) is 3. The zero-order valence-electron chi connectivity index (χ0n) is 14.6. The number of fused-ring (bicyclic) bond motifs is 1. The topological polar surface area (TPSA) is 58.4 Å². The summed E-state index contributed by atoms with van der Waals surface area (Å²) in [4.78, 5) is 19.3. The quantitative estimate of drug-likeness (QED) is 0.752. The van der Waals surface area contributed by atoms with Crippen LogP contribution in [0.25, 0.3) is 10.9 Å². The number of benzene rings is 1. The highest BCUT2D eigenvalue weighted by molar-refractivity contribution is 5.98. The summed E-state index contributed by atoms with van der Waals surface area (Å²) in [6, 6.07) is 15.2. The van der Waals surface area contributed by atoms with Crippen LogP contribution in [0.15, 0.2) is 54.7 Å². The largest absolute Gasteiger partial charge is 0.394 e. The van der Waals surface area contributed by atoms with E-state index in [9.17, 15) is 9.90 Å². The van der Waals surface area contributed by atoms with Gasteiger partial charge in [0.15, 0.2) is 0 Å². The smallest absolute Gasteiger partial charge is 0.271 e. The number of aliphatic hydroxyl groups excluding tert-OH is 1. The number of carbonyl (C=O) groups excluding carboxylic acids is 1. The fraction of sp³-hybridized carbons (Fsp3) is 0.300. The molecule has 0 aliphatic heterocycles. The number of carbonyl (C=O) groups is 1. The van der Waals surface area contributed by atoms with Crippen molar-refractivity contribution < 1.29 is 9.90 Å². The van der Waals surface area contributed by atoms with E-state index in [1.54, 1.807) is 11.1 Å². The molecule has 0 bridgehead atoms. The second-order valence-corrected chi connectivity index (χ2v) is 6.15. The Morgan fingerprint density at radius 3 is 2.64 bits per heavy atom. The van der Waals surface area contributed by atoms with Gasteiger partial charge in [0.05, 0.1) is 24.9 Å². The Hall–Kier alpha value is -2.66. The molecular weight excluding hydrogens is 314 g/mol. The molecule has 0 saturated heterocycles. The molecule has 0 fully saturated rings. The molecule has 3 rings (SSSR count). The van der Waals surface area contributed by atoms with Crippen LogP contribution in [-0.4, -0.2) is 38.1 Å². The SMILES string of the molecule is CC[C@H](CO)N(Cc1ccccn1)C(=O)c1cc2ccccc2n1C. The van der Waals surface area contributed by atoms with Gasteiger partial charge in [-0.1, -0.05) is 31.2 Å². The molecule has 0 spiro atoms. The third-order valence-corrected chi connectivity index (χ3v) is 4.61. The average molecular weight is 337 g/mol. The van der Waals surface area contributed by atoms with Crippen LogP contribution in [0.1, 0.15) is 29.5 Å². The van der Waals surface area contributed by atoms with E-state index in [0.717, 1.165) is 16.6 Å². The molecule has 0 aliphatic rings. The molecule has 0 unspecified atom stereocenters. The van der Waals surface area contributed by atoms with Gasteiger partial charge in [-0.2, -0.15) is 0 Å². The first-order valence-corrected chi connectivity index (χ1v) is 8.52. The zero-order chi connectivity index (χ0) is 17.8. The van der Waals surface area contributed by atoms with Gasteiger partial charge in [-0.05, 0) is 30.7 Å². The Kier molecular flexibility index (Phi) is 5.14. The summed E-state index contributed by atoms with van der Waals surface area (Å²) in [5.74, 6) is -0.0924. The van der Waals surface area contributed by atoms with Gasteiger partial charge in [-0.25, -0.2) is 0 Å². The predicted octanol–water partition coefficient (Wildman–Crippen LogP) is 2.99. The zero-order valence-corrected chi connectivity index (χ0v) is 14.6. The van der Waals surface area contributed by atoms with Gasteiger partial charge in [0.1, 0.15) is 5.69 Å². The number of aromatic nitrogens is 2. The Balaban J connectivity index is 1.99. The number of aryl methyl sites for hydroxylation is 1. The standard InChI is InChI=1S/C20H23N3O2/c1-3-17(14-24)23(13-16-9-6-7-11-21-16)20(25)19-12-15-8-4-5-10-18(15)22(19)2/h4-12,17,24H,3,13-14H2,1-2H3/t17-/m1/s1. The van der Waals surface area contributed by atoms with E-state index in [-0.39, 0.29) is 18.6 Å². The maximum absolute atomic E-state index is 13.3. The minimum absolute atomic E-state index is 0.0704. The van der Waals surface area contributed by atoms with E-state index in [2.05, 4.69) is 4.98 Å². The van der Waals surface area contributed by atoms with Crippen LogP contribution >= 0.6 is 0 Å². The summed E-state index contributed by atoms with van der Waals surface area (Å²) < 4.78 is 1.91. The lowest BCUT2D eigenvalue weighted by Gasteiger charge is -2.30. The van der Waals surface area contributed by atoms with Crippen molar-refractivity contribution in [2.75, 3.05) is 6.61 Å². The van der Waals surface area contributed by atoms with Gasteiger partial charge in [0.25, 0.3) is 5.91 Å². The van der Waals surface area contributed by atoms with Crippen LogP contribution in [-0.2, 0) is 13.6 Å². The molecule has 0 radical (unpaired) electrons. The third kappa shape index (κ3) is 3.42. The molecule has 25 heavy (non-hydrogen) atoms. The maximum Gasteiger partial charge on any atom is 0.271 e. The van der Waals surface area contributed by atoms with Crippen molar-refractivity contribution in [2.24, 2.45) is 7.05 Å². The summed E-state index contributed by atoms with van der Waals surface area (Å²) in [5, 5.41) is 10.8. The molecule has 130 valence electrons. The number of pyridine rings is 1. The monoisotopic (exact) mass is 337 g/mol. The summed E-state index contributed by atoms with van der Waals surface area (Å²) >= 11 is 0. The fourth-order valence-electron chi connectivity index (χ4n) is 3.12. The average Bonchev–Trinajstić information content (AvgIpc) is 2.99. The molecule has 1 aromatic carbocycles. The maximum atomic E-state index is 13.3. The van der Waals surface area contributed by atoms with E-state index in [0.29, 0.717) is 18.7 Å². The number of rotatable bonds is 6. The van der Waals surface area contributed by atoms with E-state index < -0.39 is 0 Å². The third-order valence-electron chi connectivity index (χ3n) is 4.61. The van der Waals surface area contributed by atoms with Gasteiger partial charge >= 0.3 is 0 Å². The predicted molar refractivity (Wildman–Crippen MR) is 98.2 cm³/mol. The molecule has 2 heterocycles. The van der Waals surface area contributed by atoms with Crippen molar-refractivity contribution >= 4 is 16.8 Å². The molecule has 2 aromatic heterocycles. The molecule has 3 aromatic rings. The first-order valence-electron chi connectivity index (χ1n) is 8.52. The number of hydrogen-bond donors (Lipinski definition) is 1. The van der Waals surface area contributed by atoms with Crippen molar-refractivity contribution in [3.8, 4) is 0 Å². The van der Waals surface area contributed by atoms with E-state index in [4.69, 9.17) is 0 Å². The van der Waals surface area contributed by atoms with E-state index in [1.165, 1.54) is 0 Å². The van der Waals surface area contributed by atoms with Gasteiger partial charge in [0, 0.05) is 24.1 Å². The highest BCUT2D eigenvalue weighted by atomic mass is 16.3. The molecule has 1 atom stereocenters. The fourth-order valence-corrected chi connectivity index (χ4v) is 3.12. The lowest BCUT2D eigenvalue weighted by atomic mass is 10.1. The second kappa shape index (κ2) is 7.49.